The first kappa shape index (κ1) is 35.4. The highest BCUT2D eigenvalue weighted by atomic mass is 32.2. The molecular weight excluding hydrogens is 711 g/mol. The number of nitrogens with zero attached hydrogens (tertiary/aromatic N) is 5. The summed E-state index contributed by atoms with van der Waals surface area (Å²) in [6, 6.07) is 6.15. The quantitative estimate of drug-likeness (QED) is 0.222. The zero-order chi connectivity index (χ0) is 36.5. The number of amides is 1. The predicted molar refractivity (Wildman–Crippen MR) is 184 cm³/mol. The summed E-state index contributed by atoms with van der Waals surface area (Å²) in [7, 11) is -4.13. The maximum atomic E-state index is 14.7. The van der Waals surface area contributed by atoms with Crippen LogP contribution in [0.1, 0.15) is 78.0 Å². The Morgan fingerprint density at radius 1 is 1.16 bits per heavy atom. The summed E-state index contributed by atoms with van der Waals surface area (Å²) in [5.41, 5.74) is -3.11. The van der Waals surface area contributed by atoms with Crippen molar-refractivity contribution in [3.63, 3.8) is 0 Å². The fraction of sp³-hybridized carbons (Fsp3) is 0.545. The number of thiophene rings is 1. The molecule has 3 aliphatic rings. The number of sulfonamides is 1. The van der Waals surface area contributed by atoms with Crippen LogP contribution in [0.3, 0.4) is 0 Å². The minimum atomic E-state index is -4.13. The van der Waals surface area contributed by atoms with Gasteiger partial charge in [0.2, 0.25) is 10.0 Å². The van der Waals surface area contributed by atoms with Gasteiger partial charge < -0.3 is 14.2 Å². The van der Waals surface area contributed by atoms with Gasteiger partial charge in [-0.3, -0.25) is 18.9 Å². The van der Waals surface area contributed by atoms with Gasteiger partial charge in [-0.05, 0) is 72.3 Å². The number of benzene rings is 1. The van der Waals surface area contributed by atoms with Crippen molar-refractivity contribution < 1.29 is 37.6 Å². The van der Waals surface area contributed by atoms with Gasteiger partial charge in [-0.25, -0.2) is 17.8 Å². The first-order valence-electron chi connectivity index (χ1n) is 16.7. The number of ether oxygens (including phenoxy) is 3. The number of carbonyl (C=O) groups is 1. The first-order valence-corrected chi connectivity index (χ1v) is 19.0. The summed E-state index contributed by atoms with van der Waals surface area (Å²) in [5.74, 6) is -1.21. The summed E-state index contributed by atoms with van der Waals surface area (Å²) in [6.07, 6.45) is 5.06. The molecule has 1 saturated carbocycles. The number of nitrogens with one attached hydrogen (secondary N) is 1. The Labute approximate surface area is 296 Å². The number of fused-ring (bicyclic) bond motifs is 3. The molecule has 0 radical (unpaired) electrons. The lowest BCUT2D eigenvalue weighted by atomic mass is 10.0. The predicted octanol–water partition coefficient (Wildman–Crippen LogP) is 4.16. The molecule has 0 spiro atoms. The molecule has 2 aliphatic heterocycles. The fourth-order valence-corrected chi connectivity index (χ4v) is 9.50. The van der Waals surface area contributed by atoms with Gasteiger partial charge in [0.1, 0.15) is 27.2 Å². The standard InChI is InChI=1S/C33H38F2N6O8S2.H2/c1-18-25-26(42)40(32(2,3)29(43)38-51(45,46)33(4)11-12-33)31(44)39(28(25)50-27(18)41-36-13-14-37-41)17-24(22-7-5-6-8-23(22)49-30(34)35)48-21-15-19-9-10-20(16-21)47-19;/h5-8,13-14,19-21,24,30H,9-12,15-17H2,1-4H3,(H,38,43);1H/t19-,20+,21?,24-;/m0./s1. The van der Waals surface area contributed by atoms with Crippen molar-refractivity contribution in [3.8, 4) is 10.8 Å². The van der Waals surface area contributed by atoms with Gasteiger partial charge >= 0.3 is 12.3 Å². The van der Waals surface area contributed by atoms with Crippen LogP contribution in [-0.4, -0.2) is 68.1 Å². The van der Waals surface area contributed by atoms with E-state index in [0.717, 1.165) is 28.7 Å². The molecule has 7 rings (SSSR count). The summed E-state index contributed by atoms with van der Waals surface area (Å²) in [4.78, 5) is 44.4. The number of aryl methyl sites for hydroxylation is 1. The molecule has 1 unspecified atom stereocenters. The Morgan fingerprint density at radius 3 is 2.43 bits per heavy atom. The van der Waals surface area contributed by atoms with E-state index in [2.05, 4.69) is 14.9 Å². The van der Waals surface area contributed by atoms with Crippen molar-refractivity contribution >= 4 is 37.5 Å². The van der Waals surface area contributed by atoms with E-state index in [0.29, 0.717) is 36.2 Å². The van der Waals surface area contributed by atoms with Crippen molar-refractivity contribution in [2.75, 3.05) is 0 Å². The molecule has 1 aromatic carbocycles. The maximum absolute atomic E-state index is 14.7. The van der Waals surface area contributed by atoms with Crippen LogP contribution in [-0.2, 0) is 36.4 Å². The molecule has 1 amide bonds. The molecular formula is C33H40F2N6O8S2. The van der Waals surface area contributed by atoms with E-state index < -0.39 is 50.2 Å². The smallest absolute Gasteiger partial charge is 0.387 e. The maximum Gasteiger partial charge on any atom is 0.387 e. The molecule has 18 heteroatoms. The molecule has 1 N–H and O–H groups in total. The monoisotopic (exact) mass is 750 g/mol. The summed E-state index contributed by atoms with van der Waals surface area (Å²) >= 11 is 1.06. The number of para-hydroxylation sites is 1. The van der Waals surface area contributed by atoms with Crippen LogP contribution in [0.25, 0.3) is 15.2 Å². The molecule has 3 fully saturated rings. The van der Waals surface area contributed by atoms with Crippen LogP contribution in [0.15, 0.2) is 46.2 Å². The average molecular weight is 751 g/mol. The average Bonchev–Trinajstić information content (AvgIpc) is 3.35. The molecule has 2 bridgehead atoms. The van der Waals surface area contributed by atoms with Crippen molar-refractivity contribution in [2.45, 2.75) is 114 Å². The number of carbonyl (C=O) groups excluding carboxylic acids is 1. The lowest BCUT2D eigenvalue weighted by molar-refractivity contribution is -0.126. The topological polar surface area (TPSA) is 166 Å². The fourth-order valence-electron chi connectivity index (χ4n) is 6.90. The van der Waals surface area contributed by atoms with Gasteiger partial charge in [0.15, 0.2) is 0 Å². The van der Waals surface area contributed by atoms with E-state index in [1.165, 1.54) is 48.6 Å². The second-order valence-electron chi connectivity index (χ2n) is 14.1. The molecule has 5 heterocycles. The lowest BCUT2D eigenvalue weighted by Crippen LogP contribution is -2.57. The van der Waals surface area contributed by atoms with E-state index in [-0.39, 0.29) is 47.8 Å². The molecule has 4 atom stereocenters. The number of hydrogen-bond donors (Lipinski definition) is 1. The third-order valence-electron chi connectivity index (χ3n) is 10.2. The Kier molecular flexibility index (Phi) is 8.95. The van der Waals surface area contributed by atoms with E-state index in [1.54, 1.807) is 25.1 Å². The Bertz CT molecular complexity index is 2210. The summed E-state index contributed by atoms with van der Waals surface area (Å²) < 4.78 is 74.0. The highest BCUT2D eigenvalue weighted by molar-refractivity contribution is 7.91. The van der Waals surface area contributed by atoms with Crippen LogP contribution in [0, 0.1) is 6.92 Å². The second kappa shape index (κ2) is 12.9. The van der Waals surface area contributed by atoms with Crippen molar-refractivity contribution in [2.24, 2.45) is 0 Å². The molecule has 4 aromatic rings. The Balaban J connectivity index is 0.00000464. The minimum absolute atomic E-state index is 0. The van der Waals surface area contributed by atoms with Gasteiger partial charge in [0.05, 0.1) is 47.4 Å². The largest absolute Gasteiger partial charge is 0.434 e. The van der Waals surface area contributed by atoms with Gasteiger partial charge in [0.25, 0.3) is 11.5 Å². The number of hydrogen-bond acceptors (Lipinski definition) is 11. The molecule has 51 heavy (non-hydrogen) atoms. The number of alkyl halides is 2. The lowest BCUT2D eigenvalue weighted by Gasteiger charge is -2.33. The number of rotatable bonds is 12. The van der Waals surface area contributed by atoms with Gasteiger partial charge in [-0.1, -0.05) is 29.5 Å². The third kappa shape index (κ3) is 6.40. The Morgan fingerprint density at radius 2 is 1.80 bits per heavy atom. The van der Waals surface area contributed by atoms with Crippen LogP contribution >= 0.6 is 11.3 Å². The number of aromatic nitrogens is 5. The van der Waals surface area contributed by atoms with E-state index >= 15 is 0 Å². The van der Waals surface area contributed by atoms with Crippen LogP contribution < -0.4 is 20.7 Å². The molecule has 2 saturated heterocycles. The summed E-state index contributed by atoms with van der Waals surface area (Å²) in [6.45, 7) is 2.33. The van der Waals surface area contributed by atoms with Gasteiger partial charge in [-0.2, -0.15) is 19.0 Å². The van der Waals surface area contributed by atoms with Crippen molar-refractivity contribution in [3.05, 3.63) is 68.6 Å². The molecule has 1 aliphatic carbocycles. The second-order valence-corrected chi connectivity index (χ2v) is 17.3. The molecule has 3 aromatic heterocycles. The normalized spacial score (nSPS) is 22.0. The van der Waals surface area contributed by atoms with E-state index in [4.69, 9.17) is 14.2 Å². The zero-order valence-electron chi connectivity index (χ0n) is 28.4. The van der Waals surface area contributed by atoms with E-state index in [9.17, 15) is 31.6 Å². The third-order valence-corrected chi connectivity index (χ3v) is 13.6. The molecule has 276 valence electrons. The first-order chi connectivity index (χ1) is 24.1. The minimum Gasteiger partial charge on any atom is -0.434 e. The SMILES string of the molecule is Cc1c(-n2nccn2)sc2c1c(=O)n(C(C)(C)C(=O)NS(=O)(=O)C1(C)CC1)c(=O)n2C[C@H](OC1C[C@H]2CC[C@@H](C1)O2)c1ccccc1OC(F)F.[HH]. The summed E-state index contributed by atoms with van der Waals surface area (Å²) in [5, 5.41) is 8.90. The van der Waals surface area contributed by atoms with Crippen LogP contribution in [0.2, 0.25) is 0 Å². The van der Waals surface area contributed by atoms with E-state index in [1.807, 2.05) is 0 Å². The molecule has 14 nitrogen and oxygen atoms in total. The Hall–Kier alpha value is -4.00. The van der Waals surface area contributed by atoms with Crippen LogP contribution in [0.4, 0.5) is 8.78 Å². The number of halogens is 2. The highest BCUT2D eigenvalue weighted by Crippen LogP contribution is 2.43. The van der Waals surface area contributed by atoms with Crippen LogP contribution in [0.5, 0.6) is 5.75 Å². The van der Waals surface area contributed by atoms with Crippen molar-refractivity contribution in [1.82, 2.24) is 28.9 Å². The zero-order valence-corrected chi connectivity index (χ0v) is 30.0. The van der Waals surface area contributed by atoms with Gasteiger partial charge in [0, 0.05) is 12.6 Å². The van der Waals surface area contributed by atoms with Crippen molar-refractivity contribution in [1.29, 1.82) is 0 Å². The van der Waals surface area contributed by atoms with Gasteiger partial charge in [-0.15, -0.1) is 4.80 Å². The highest BCUT2D eigenvalue weighted by Gasteiger charge is 2.52.